The Balaban J connectivity index is 1.72. The molecule has 3 aromatic rings. The normalized spacial score (nSPS) is 18.4. The van der Waals surface area contributed by atoms with E-state index in [-0.39, 0.29) is 11.7 Å². The Labute approximate surface area is 164 Å². The van der Waals surface area contributed by atoms with Crippen molar-refractivity contribution in [2.75, 3.05) is 26.3 Å². The summed E-state index contributed by atoms with van der Waals surface area (Å²) in [7, 11) is -1.31. The van der Waals surface area contributed by atoms with Gasteiger partial charge in [-0.3, -0.25) is 9.00 Å². The van der Waals surface area contributed by atoms with Gasteiger partial charge >= 0.3 is 0 Å². The summed E-state index contributed by atoms with van der Waals surface area (Å²) in [5, 5.41) is 5.23. The number of hydrogen-bond donors (Lipinski definition) is 0. The summed E-state index contributed by atoms with van der Waals surface area (Å²) >= 11 is 0. The van der Waals surface area contributed by atoms with Crippen molar-refractivity contribution in [2.45, 2.75) is 10.8 Å². The van der Waals surface area contributed by atoms with Crippen LogP contribution in [0.2, 0.25) is 0 Å². The van der Waals surface area contributed by atoms with E-state index in [1.165, 1.54) is 0 Å². The van der Waals surface area contributed by atoms with Crippen LogP contribution in [0.3, 0.4) is 0 Å². The zero-order valence-corrected chi connectivity index (χ0v) is 15.9. The lowest BCUT2D eigenvalue weighted by molar-refractivity contribution is 0.0298. The molecular formula is C20H18N4O3S. The zero-order chi connectivity index (χ0) is 19.1. The number of rotatable bonds is 2. The molecule has 142 valence electrons. The van der Waals surface area contributed by atoms with Crippen LogP contribution < -0.4 is 0 Å². The average Bonchev–Trinajstić information content (AvgIpc) is 3.14. The number of ether oxygens (including phenoxy) is 1. The lowest BCUT2D eigenvalue weighted by atomic mass is 10.1. The third-order valence-corrected chi connectivity index (χ3v) is 6.31. The summed E-state index contributed by atoms with van der Waals surface area (Å²) in [5.41, 5.74) is 3.50. The van der Waals surface area contributed by atoms with E-state index in [1.54, 1.807) is 15.8 Å². The summed E-state index contributed by atoms with van der Waals surface area (Å²) in [5.74, 6) is 0.0935. The minimum absolute atomic E-state index is 0.140. The molecule has 1 fully saturated rings. The quantitative estimate of drug-likeness (QED) is 0.665. The molecule has 4 heterocycles. The number of pyridine rings is 1. The number of para-hydroxylation sites is 1. The van der Waals surface area contributed by atoms with Crippen molar-refractivity contribution in [3.8, 4) is 16.9 Å². The zero-order valence-electron chi connectivity index (χ0n) is 15.1. The van der Waals surface area contributed by atoms with Crippen LogP contribution in [0.15, 0.2) is 53.7 Å². The van der Waals surface area contributed by atoms with Crippen LogP contribution in [0.25, 0.3) is 16.9 Å². The van der Waals surface area contributed by atoms with E-state index in [0.29, 0.717) is 37.0 Å². The third kappa shape index (κ3) is 2.76. The molecule has 5 rings (SSSR count). The van der Waals surface area contributed by atoms with Crippen molar-refractivity contribution in [3.05, 3.63) is 59.9 Å². The number of carbonyl (C=O) groups is 1. The van der Waals surface area contributed by atoms with Crippen molar-refractivity contribution in [2.24, 2.45) is 0 Å². The molecule has 1 aromatic carbocycles. The van der Waals surface area contributed by atoms with Gasteiger partial charge in [0.05, 0.1) is 41.1 Å². The lowest BCUT2D eigenvalue weighted by Gasteiger charge is -2.26. The predicted molar refractivity (Wildman–Crippen MR) is 104 cm³/mol. The van der Waals surface area contributed by atoms with E-state index in [2.05, 4.69) is 4.98 Å². The van der Waals surface area contributed by atoms with Gasteiger partial charge in [0.25, 0.3) is 5.91 Å². The number of aromatic nitrogens is 3. The van der Waals surface area contributed by atoms with Gasteiger partial charge in [-0.05, 0) is 24.3 Å². The van der Waals surface area contributed by atoms with E-state index >= 15 is 0 Å². The maximum atomic E-state index is 13.2. The van der Waals surface area contributed by atoms with Crippen LogP contribution >= 0.6 is 0 Å². The highest BCUT2D eigenvalue weighted by molar-refractivity contribution is 7.84. The Hall–Kier alpha value is -2.84. The van der Waals surface area contributed by atoms with Crippen molar-refractivity contribution >= 4 is 16.7 Å². The summed E-state index contributed by atoms with van der Waals surface area (Å²) in [6.45, 7) is 2.11. The molecule has 28 heavy (non-hydrogen) atoms. The molecule has 1 saturated heterocycles. The second-order valence-corrected chi connectivity index (χ2v) is 8.04. The molecule has 0 radical (unpaired) electrons. The van der Waals surface area contributed by atoms with E-state index < -0.39 is 10.8 Å². The second-order valence-electron chi connectivity index (χ2n) is 6.67. The van der Waals surface area contributed by atoms with Crippen molar-refractivity contribution in [3.63, 3.8) is 0 Å². The SMILES string of the molecule is O=C(c1nn(-c2ccccc2)c2c1CS(=O)c1ncccc1-2)N1CCOCC1. The van der Waals surface area contributed by atoms with Crippen LogP contribution in [0, 0.1) is 0 Å². The number of amides is 1. The van der Waals surface area contributed by atoms with Crippen LogP contribution in [-0.4, -0.2) is 56.1 Å². The van der Waals surface area contributed by atoms with E-state index in [0.717, 1.165) is 22.5 Å². The smallest absolute Gasteiger partial charge is 0.274 e. The Bertz CT molecular complexity index is 1070. The number of hydrogen-bond acceptors (Lipinski definition) is 5. The predicted octanol–water partition coefficient (Wildman–Crippen LogP) is 2.03. The van der Waals surface area contributed by atoms with Crippen LogP contribution in [-0.2, 0) is 21.3 Å². The fraction of sp³-hybridized carbons (Fsp3) is 0.250. The van der Waals surface area contributed by atoms with Gasteiger partial charge in [-0.15, -0.1) is 0 Å². The highest BCUT2D eigenvalue weighted by Gasteiger charge is 2.34. The Morgan fingerprint density at radius 3 is 2.64 bits per heavy atom. The molecule has 2 aliphatic rings. The number of morpholine rings is 1. The molecular weight excluding hydrogens is 376 g/mol. The first-order valence-corrected chi connectivity index (χ1v) is 10.4. The molecule has 1 unspecified atom stereocenters. The van der Waals surface area contributed by atoms with Gasteiger partial charge in [0.1, 0.15) is 5.03 Å². The molecule has 2 aliphatic heterocycles. The molecule has 1 atom stereocenters. The standard InChI is InChI=1S/C20H18N4O3S/c25-20(23-9-11-27-12-10-23)17-16-13-28(26)19-15(7-4-8-21-19)18(16)24(22-17)14-5-2-1-3-6-14/h1-8H,9-13H2. The molecule has 2 aromatic heterocycles. The van der Waals surface area contributed by atoms with Gasteiger partial charge in [0.15, 0.2) is 5.69 Å². The van der Waals surface area contributed by atoms with Gasteiger partial charge in [-0.2, -0.15) is 5.10 Å². The minimum Gasteiger partial charge on any atom is -0.378 e. The molecule has 0 saturated carbocycles. The Morgan fingerprint density at radius 2 is 1.86 bits per heavy atom. The number of nitrogens with zero attached hydrogens (tertiary/aromatic N) is 4. The van der Waals surface area contributed by atoms with E-state index in [1.807, 2.05) is 42.5 Å². The lowest BCUT2D eigenvalue weighted by Crippen LogP contribution is -2.41. The van der Waals surface area contributed by atoms with Crippen molar-refractivity contribution < 1.29 is 13.7 Å². The van der Waals surface area contributed by atoms with Gasteiger partial charge in [0.2, 0.25) is 0 Å². The highest BCUT2D eigenvalue weighted by atomic mass is 32.2. The summed E-state index contributed by atoms with van der Waals surface area (Å²) < 4.78 is 19.9. The van der Waals surface area contributed by atoms with E-state index in [4.69, 9.17) is 9.84 Å². The molecule has 0 spiro atoms. The monoisotopic (exact) mass is 394 g/mol. The molecule has 0 aliphatic carbocycles. The van der Waals surface area contributed by atoms with E-state index in [9.17, 15) is 9.00 Å². The molecule has 8 heteroatoms. The van der Waals surface area contributed by atoms with Gasteiger partial charge in [-0.25, -0.2) is 9.67 Å². The maximum absolute atomic E-state index is 13.2. The minimum atomic E-state index is -1.31. The summed E-state index contributed by atoms with van der Waals surface area (Å²) in [6.07, 6.45) is 1.64. The fourth-order valence-electron chi connectivity index (χ4n) is 3.66. The van der Waals surface area contributed by atoms with Crippen LogP contribution in [0.4, 0.5) is 0 Å². The second kappa shape index (κ2) is 6.96. The molecule has 7 nitrogen and oxygen atoms in total. The maximum Gasteiger partial charge on any atom is 0.274 e. The van der Waals surface area contributed by atoms with Crippen molar-refractivity contribution in [1.29, 1.82) is 0 Å². The van der Waals surface area contributed by atoms with Gasteiger partial charge in [-0.1, -0.05) is 18.2 Å². The first-order valence-electron chi connectivity index (χ1n) is 9.12. The number of fused-ring (bicyclic) bond motifs is 3. The number of benzene rings is 1. The van der Waals surface area contributed by atoms with Gasteiger partial charge in [0, 0.05) is 30.4 Å². The fourth-order valence-corrected chi connectivity index (χ4v) is 4.92. The van der Waals surface area contributed by atoms with Crippen molar-refractivity contribution in [1.82, 2.24) is 19.7 Å². The average molecular weight is 394 g/mol. The topological polar surface area (TPSA) is 77.3 Å². The Morgan fingerprint density at radius 1 is 1.07 bits per heavy atom. The highest BCUT2D eigenvalue weighted by Crippen LogP contribution is 2.38. The van der Waals surface area contributed by atoms with Crippen LogP contribution in [0.5, 0.6) is 0 Å². The first kappa shape index (κ1) is 17.3. The summed E-state index contributed by atoms with van der Waals surface area (Å²) in [4.78, 5) is 19.3. The largest absolute Gasteiger partial charge is 0.378 e. The molecule has 0 N–H and O–H groups in total. The number of carbonyl (C=O) groups excluding carboxylic acids is 1. The van der Waals surface area contributed by atoms with Gasteiger partial charge < -0.3 is 9.64 Å². The first-order chi connectivity index (χ1) is 13.7. The Kier molecular flexibility index (Phi) is 4.29. The molecule has 1 amide bonds. The third-order valence-electron chi connectivity index (χ3n) is 5.00. The summed E-state index contributed by atoms with van der Waals surface area (Å²) in [6, 6.07) is 13.4. The molecule has 0 bridgehead atoms. The van der Waals surface area contributed by atoms with Crippen LogP contribution in [0.1, 0.15) is 16.1 Å².